The first-order valence-electron chi connectivity index (χ1n) is 5.55. The van der Waals surface area contributed by atoms with Crippen LogP contribution in [0.2, 0.25) is 0 Å². The predicted molar refractivity (Wildman–Crippen MR) is 64.6 cm³/mol. The fraction of sp³-hybridized carbons (Fsp3) is 0.636. The van der Waals surface area contributed by atoms with Crippen LogP contribution < -0.4 is 5.32 Å². The number of rotatable bonds is 5. The van der Waals surface area contributed by atoms with Gasteiger partial charge in [0.1, 0.15) is 5.69 Å². The highest BCUT2D eigenvalue weighted by Crippen LogP contribution is 2.27. The number of halogens is 4. The maximum absolute atomic E-state index is 12.5. The molecule has 18 heavy (non-hydrogen) atoms. The number of nitrogens with one attached hydrogen (secondary N) is 1. The molecule has 3 nitrogen and oxygen atoms in total. The summed E-state index contributed by atoms with van der Waals surface area (Å²) in [5, 5.41) is 2.82. The van der Waals surface area contributed by atoms with Crippen LogP contribution in [0.5, 0.6) is 0 Å². The number of hydrogen-bond donors (Lipinski definition) is 1. The zero-order chi connectivity index (χ0) is 13.8. The van der Waals surface area contributed by atoms with E-state index in [1.165, 1.54) is 0 Å². The maximum atomic E-state index is 12.5. The highest BCUT2D eigenvalue weighted by atomic mass is 35.5. The molecular weight excluding hydrogens is 267 g/mol. The van der Waals surface area contributed by atoms with Crippen molar-refractivity contribution in [2.24, 2.45) is 5.92 Å². The van der Waals surface area contributed by atoms with Crippen molar-refractivity contribution in [2.45, 2.75) is 32.5 Å². The largest absolute Gasteiger partial charge is 0.433 e. The van der Waals surface area contributed by atoms with Crippen molar-refractivity contribution in [3.63, 3.8) is 0 Å². The Morgan fingerprint density at radius 1 is 1.39 bits per heavy atom. The topological polar surface area (TPSA) is 37.8 Å². The van der Waals surface area contributed by atoms with Crippen LogP contribution in [0.4, 0.5) is 19.1 Å². The molecule has 0 saturated carbocycles. The zero-order valence-corrected chi connectivity index (χ0v) is 10.9. The average molecular weight is 282 g/mol. The molecule has 102 valence electrons. The Kier molecular flexibility index (Phi) is 5.19. The molecule has 1 N–H and O–H groups in total. The lowest BCUT2D eigenvalue weighted by atomic mass is 10.1. The summed E-state index contributed by atoms with van der Waals surface area (Å²) >= 11 is 5.75. The van der Waals surface area contributed by atoms with E-state index in [0.717, 1.165) is 18.7 Å². The lowest BCUT2D eigenvalue weighted by Crippen LogP contribution is -2.25. The Bertz CT molecular complexity index is 382. The molecule has 1 heterocycles. The summed E-state index contributed by atoms with van der Waals surface area (Å²) in [6, 6.07) is 0.693. The summed E-state index contributed by atoms with van der Waals surface area (Å²) < 4.78 is 37.4. The van der Waals surface area contributed by atoms with Gasteiger partial charge in [-0.05, 0) is 18.4 Å². The molecule has 0 aliphatic heterocycles. The Morgan fingerprint density at radius 2 is 2.06 bits per heavy atom. The molecule has 0 saturated heterocycles. The second-order valence-electron chi connectivity index (χ2n) is 4.39. The fourth-order valence-electron chi connectivity index (χ4n) is 1.50. The van der Waals surface area contributed by atoms with Gasteiger partial charge in [0.2, 0.25) is 5.95 Å². The van der Waals surface area contributed by atoms with Gasteiger partial charge >= 0.3 is 6.18 Å². The van der Waals surface area contributed by atoms with E-state index in [1.54, 1.807) is 0 Å². The summed E-state index contributed by atoms with van der Waals surface area (Å²) in [7, 11) is 0. The third-order valence-electron chi connectivity index (χ3n) is 2.22. The number of nitrogens with zero attached hydrogens (tertiary/aromatic N) is 2. The van der Waals surface area contributed by atoms with E-state index in [0.29, 0.717) is 5.92 Å². The molecule has 0 spiro atoms. The molecule has 1 aromatic rings. The first-order valence-corrected chi connectivity index (χ1v) is 6.09. The van der Waals surface area contributed by atoms with Crippen LogP contribution in [0.25, 0.3) is 0 Å². The average Bonchev–Trinajstić information content (AvgIpc) is 2.26. The standard InChI is InChI=1S/C11H15ClF3N3/c1-7(2)5-8(6-12)17-10-16-4-3-9(18-10)11(13,14)15/h3-4,7-8H,5-6H2,1-2H3,(H,16,17,18). The van der Waals surface area contributed by atoms with Crippen LogP contribution in [0.15, 0.2) is 12.3 Å². The summed E-state index contributed by atoms with van der Waals surface area (Å²) in [6.45, 7) is 4.02. The van der Waals surface area contributed by atoms with E-state index >= 15 is 0 Å². The van der Waals surface area contributed by atoms with Gasteiger partial charge in [0.15, 0.2) is 0 Å². The fourth-order valence-corrected chi connectivity index (χ4v) is 1.70. The van der Waals surface area contributed by atoms with E-state index < -0.39 is 11.9 Å². The van der Waals surface area contributed by atoms with Crippen molar-refractivity contribution in [3.8, 4) is 0 Å². The molecule has 1 unspecified atom stereocenters. The van der Waals surface area contributed by atoms with Crippen molar-refractivity contribution in [2.75, 3.05) is 11.2 Å². The quantitative estimate of drug-likeness (QED) is 0.839. The first kappa shape index (κ1) is 15.0. The highest BCUT2D eigenvalue weighted by molar-refractivity contribution is 6.18. The molecule has 1 rings (SSSR count). The van der Waals surface area contributed by atoms with E-state index in [-0.39, 0.29) is 17.9 Å². The smallest absolute Gasteiger partial charge is 0.350 e. The predicted octanol–water partition coefficient (Wildman–Crippen LogP) is 3.56. The van der Waals surface area contributed by atoms with E-state index in [4.69, 9.17) is 11.6 Å². The Hall–Kier alpha value is -1.04. The van der Waals surface area contributed by atoms with Gasteiger partial charge in [-0.25, -0.2) is 9.97 Å². The Morgan fingerprint density at radius 3 is 2.56 bits per heavy atom. The van der Waals surface area contributed by atoms with Crippen LogP contribution in [-0.4, -0.2) is 21.9 Å². The minimum atomic E-state index is -4.46. The summed E-state index contributed by atoms with van der Waals surface area (Å²) in [5.74, 6) is 0.626. The van der Waals surface area contributed by atoms with Gasteiger partial charge in [0.05, 0.1) is 0 Å². The number of hydrogen-bond acceptors (Lipinski definition) is 3. The molecular formula is C11H15ClF3N3. The normalized spacial score (nSPS) is 13.7. The van der Waals surface area contributed by atoms with E-state index in [1.807, 2.05) is 13.8 Å². The summed E-state index contributed by atoms with van der Waals surface area (Å²) in [6.07, 6.45) is -2.64. The van der Waals surface area contributed by atoms with Crippen molar-refractivity contribution in [1.29, 1.82) is 0 Å². The molecule has 0 aliphatic rings. The van der Waals surface area contributed by atoms with Crippen molar-refractivity contribution in [1.82, 2.24) is 9.97 Å². The van der Waals surface area contributed by atoms with Crippen molar-refractivity contribution in [3.05, 3.63) is 18.0 Å². The van der Waals surface area contributed by atoms with Gasteiger partial charge < -0.3 is 5.32 Å². The third kappa shape index (κ3) is 4.68. The van der Waals surface area contributed by atoms with Crippen molar-refractivity contribution >= 4 is 17.5 Å². The number of alkyl halides is 4. The monoisotopic (exact) mass is 281 g/mol. The first-order chi connectivity index (χ1) is 8.32. The van der Waals surface area contributed by atoms with Crippen LogP contribution in [-0.2, 0) is 6.18 Å². The molecule has 0 bridgehead atoms. The highest BCUT2D eigenvalue weighted by Gasteiger charge is 2.32. The molecule has 1 atom stereocenters. The minimum absolute atomic E-state index is 0.0453. The second-order valence-corrected chi connectivity index (χ2v) is 4.70. The zero-order valence-electron chi connectivity index (χ0n) is 10.1. The van der Waals surface area contributed by atoms with Crippen LogP contribution in [0, 0.1) is 5.92 Å². The molecule has 0 aromatic carbocycles. The summed E-state index contributed by atoms with van der Waals surface area (Å²) in [4.78, 5) is 7.20. The van der Waals surface area contributed by atoms with Gasteiger partial charge in [-0.3, -0.25) is 0 Å². The van der Waals surface area contributed by atoms with Gasteiger partial charge in [0, 0.05) is 18.1 Å². The van der Waals surface area contributed by atoms with E-state index in [2.05, 4.69) is 15.3 Å². The number of aromatic nitrogens is 2. The molecule has 7 heteroatoms. The van der Waals surface area contributed by atoms with Gasteiger partial charge in [-0.1, -0.05) is 13.8 Å². The molecule has 0 fully saturated rings. The van der Waals surface area contributed by atoms with Crippen molar-refractivity contribution < 1.29 is 13.2 Å². The molecule has 0 amide bonds. The van der Waals surface area contributed by atoms with Gasteiger partial charge in [0.25, 0.3) is 0 Å². The van der Waals surface area contributed by atoms with Crippen LogP contribution in [0.1, 0.15) is 26.0 Å². The second kappa shape index (κ2) is 6.22. The Labute approximate surface area is 109 Å². The lowest BCUT2D eigenvalue weighted by Gasteiger charge is -2.18. The Balaban J connectivity index is 2.78. The SMILES string of the molecule is CC(C)CC(CCl)Nc1nccc(C(F)(F)F)n1. The van der Waals surface area contributed by atoms with E-state index in [9.17, 15) is 13.2 Å². The van der Waals surface area contributed by atoms with Crippen LogP contribution in [0.3, 0.4) is 0 Å². The minimum Gasteiger partial charge on any atom is -0.350 e. The molecule has 1 aromatic heterocycles. The molecule has 0 radical (unpaired) electrons. The number of anilines is 1. The maximum Gasteiger partial charge on any atom is 0.433 e. The van der Waals surface area contributed by atoms with Gasteiger partial charge in [-0.15, -0.1) is 11.6 Å². The van der Waals surface area contributed by atoms with Gasteiger partial charge in [-0.2, -0.15) is 13.2 Å². The third-order valence-corrected chi connectivity index (χ3v) is 2.59. The lowest BCUT2D eigenvalue weighted by molar-refractivity contribution is -0.141. The van der Waals surface area contributed by atoms with Crippen LogP contribution >= 0.6 is 11.6 Å². The molecule has 0 aliphatic carbocycles. The summed E-state index contributed by atoms with van der Waals surface area (Å²) in [5.41, 5.74) is -0.960.